The zero-order valence-corrected chi connectivity index (χ0v) is 18.6. The van der Waals surface area contributed by atoms with Crippen LogP contribution in [-0.2, 0) is 24.2 Å². The van der Waals surface area contributed by atoms with Crippen LogP contribution < -0.4 is 10.9 Å². The quantitative estimate of drug-likeness (QED) is 0.356. The second kappa shape index (κ2) is 8.45. The van der Waals surface area contributed by atoms with Gasteiger partial charge in [-0.2, -0.15) is 0 Å². The number of hydrogen-bond acceptors (Lipinski definition) is 6. The minimum atomic E-state index is -0.221. The Kier molecular flexibility index (Phi) is 5.94. The zero-order valence-electron chi connectivity index (χ0n) is 16.2. The fraction of sp³-hybridized carbons (Fsp3) is 0.400. The van der Waals surface area contributed by atoms with Gasteiger partial charge in [-0.3, -0.25) is 14.2 Å². The summed E-state index contributed by atoms with van der Waals surface area (Å²) in [4.78, 5) is 36.3. The first-order valence-electron chi connectivity index (χ1n) is 9.56. The summed E-state index contributed by atoms with van der Waals surface area (Å²) in [6, 6.07) is 3.40. The van der Waals surface area contributed by atoms with Gasteiger partial charge in [-0.15, -0.1) is 11.3 Å². The molecule has 1 atom stereocenters. The van der Waals surface area contributed by atoms with E-state index in [0.717, 1.165) is 29.5 Å². The topological polar surface area (TPSA) is 76.9 Å². The highest BCUT2D eigenvalue weighted by molar-refractivity contribution is 7.99. The number of amides is 1. The average molecular weight is 449 g/mol. The molecule has 4 rings (SSSR count). The van der Waals surface area contributed by atoms with Crippen molar-refractivity contribution in [3.05, 3.63) is 44.3 Å². The monoisotopic (exact) mass is 448 g/mol. The van der Waals surface area contributed by atoms with Crippen molar-refractivity contribution in [2.24, 2.45) is 5.92 Å². The third-order valence-corrected chi connectivity index (χ3v) is 7.49. The van der Waals surface area contributed by atoms with E-state index in [0.29, 0.717) is 23.3 Å². The number of aromatic nitrogens is 3. The largest absolute Gasteiger partial charge is 0.323 e. The molecule has 1 amide bonds. The molecule has 152 valence electrons. The second-order valence-corrected chi connectivity index (χ2v) is 9.54. The number of fused-ring (bicyclic) bond motifs is 3. The predicted molar refractivity (Wildman–Crippen MR) is 119 cm³/mol. The normalized spacial score (nSPS) is 16.0. The first-order valence-corrected chi connectivity index (χ1v) is 11.7. The van der Waals surface area contributed by atoms with Crippen molar-refractivity contribution in [3.63, 3.8) is 0 Å². The summed E-state index contributed by atoms with van der Waals surface area (Å²) in [6.07, 6.45) is 4.63. The molecule has 0 aliphatic heterocycles. The SMILES string of the molecule is CCn1c(SCC(=O)Nc2cccnc2Cl)nc2sc3c(c2c1=O)CCC(C)C3. The maximum absolute atomic E-state index is 13.2. The first kappa shape index (κ1) is 20.4. The van der Waals surface area contributed by atoms with E-state index >= 15 is 0 Å². The summed E-state index contributed by atoms with van der Waals surface area (Å²) in [6.45, 7) is 4.69. The zero-order chi connectivity index (χ0) is 20.5. The fourth-order valence-electron chi connectivity index (χ4n) is 3.59. The van der Waals surface area contributed by atoms with Crippen molar-refractivity contribution in [1.29, 1.82) is 0 Å². The van der Waals surface area contributed by atoms with Crippen molar-refractivity contribution in [2.45, 2.75) is 44.8 Å². The van der Waals surface area contributed by atoms with Crippen LogP contribution in [0.5, 0.6) is 0 Å². The van der Waals surface area contributed by atoms with Gasteiger partial charge in [0.05, 0.1) is 16.8 Å². The summed E-state index contributed by atoms with van der Waals surface area (Å²) in [5.41, 5.74) is 1.65. The summed E-state index contributed by atoms with van der Waals surface area (Å²) >= 11 is 8.88. The molecule has 0 radical (unpaired) electrons. The Morgan fingerprint density at radius 3 is 3.07 bits per heavy atom. The smallest absolute Gasteiger partial charge is 0.263 e. The van der Waals surface area contributed by atoms with Crippen LogP contribution in [-0.4, -0.2) is 26.2 Å². The van der Waals surface area contributed by atoms with Gasteiger partial charge in [0.15, 0.2) is 10.3 Å². The number of thioether (sulfide) groups is 1. The molecule has 1 unspecified atom stereocenters. The van der Waals surface area contributed by atoms with Crippen LogP contribution >= 0.6 is 34.7 Å². The van der Waals surface area contributed by atoms with Crippen molar-refractivity contribution < 1.29 is 4.79 Å². The number of carbonyl (C=O) groups excluding carboxylic acids is 1. The molecule has 0 saturated heterocycles. The maximum Gasteiger partial charge on any atom is 0.263 e. The third-order valence-electron chi connectivity index (χ3n) is 5.06. The van der Waals surface area contributed by atoms with Gasteiger partial charge < -0.3 is 5.32 Å². The molecular formula is C20H21ClN4O2S2. The Morgan fingerprint density at radius 2 is 2.31 bits per heavy atom. The van der Waals surface area contributed by atoms with E-state index in [4.69, 9.17) is 16.6 Å². The molecule has 0 spiro atoms. The van der Waals surface area contributed by atoms with E-state index in [1.807, 2.05) is 6.92 Å². The molecule has 1 aliphatic carbocycles. The molecule has 0 bridgehead atoms. The molecule has 29 heavy (non-hydrogen) atoms. The van der Waals surface area contributed by atoms with Crippen LogP contribution in [0, 0.1) is 5.92 Å². The summed E-state index contributed by atoms with van der Waals surface area (Å²) in [7, 11) is 0. The molecular weight excluding hydrogens is 428 g/mol. The molecule has 1 N–H and O–H groups in total. The van der Waals surface area contributed by atoms with Crippen LogP contribution in [0.2, 0.25) is 5.15 Å². The van der Waals surface area contributed by atoms with Gasteiger partial charge in [-0.25, -0.2) is 9.97 Å². The molecule has 0 aromatic carbocycles. The van der Waals surface area contributed by atoms with E-state index in [2.05, 4.69) is 17.2 Å². The maximum atomic E-state index is 13.2. The minimum Gasteiger partial charge on any atom is -0.323 e. The van der Waals surface area contributed by atoms with Gasteiger partial charge in [0.2, 0.25) is 5.91 Å². The summed E-state index contributed by atoms with van der Waals surface area (Å²) in [5, 5.41) is 4.34. The molecule has 9 heteroatoms. The summed E-state index contributed by atoms with van der Waals surface area (Å²) in [5.74, 6) is 0.549. The number of hydrogen-bond donors (Lipinski definition) is 1. The van der Waals surface area contributed by atoms with Crippen LogP contribution in [0.25, 0.3) is 10.2 Å². The number of aryl methyl sites for hydroxylation is 1. The van der Waals surface area contributed by atoms with E-state index in [1.54, 1.807) is 34.2 Å². The molecule has 3 heterocycles. The minimum absolute atomic E-state index is 0.00256. The van der Waals surface area contributed by atoms with Gasteiger partial charge in [-0.05, 0) is 49.8 Å². The molecule has 0 saturated carbocycles. The van der Waals surface area contributed by atoms with Crippen molar-refractivity contribution in [2.75, 3.05) is 11.1 Å². The lowest BCUT2D eigenvalue weighted by Gasteiger charge is -2.17. The van der Waals surface area contributed by atoms with E-state index < -0.39 is 0 Å². The Balaban J connectivity index is 1.59. The standard InChI is InChI=1S/C20H21ClN4O2S2/c1-3-25-19(27)16-12-7-6-11(2)9-14(12)29-18(16)24-20(25)28-10-15(26)23-13-5-4-8-22-17(13)21/h4-5,8,11H,3,6-7,9-10H2,1-2H3,(H,23,26). The third kappa shape index (κ3) is 4.06. The number of nitrogens with zero attached hydrogens (tertiary/aromatic N) is 3. The fourth-order valence-corrected chi connectivity index (χ4v) is 6.04. The van der Waals surface area contributed by atoms with Crippen LogP contribution in [0.4, 0.5) is 5.69 Å². The summed E-state index contributed by atoms with van der Waals surface area (Å²) < 4.78 is 1.67. The Hall–Kier alpha value is -1.90. The van der Waals surface area contributed by atoms with Gasteiger partial charge in [-0.1, -0.05) is 30.3 Å². The highest BCUT2D eigenvalue weighted by Gasteiger charge is 2.24. The number of thiophene rings is 1. The van der Waals surface area contributed by atoms with Gasteiger partial charge in [0.25, 0.3) is 5.56 Å². The Labute approximate surface area is 181 Å². The highest BCUT2D eigenvalue weighted by atomic mass is 35.5. The van der Waals surface area contributed by atoms with Crippen LogP contribution in [0.15, 0.2) is 28.3 Å². The molecule has 3 aromatic heterocycles. The predicted octanol–water partition coefficient (Wildman–Crippen LogP) is 4.38. The van der Waals surface area contributed by atoms with Gasteiger partial charge >= 0.3 is 0 Å². The first-order chi connectivity index (χ1) is 14.0. The van der Waals surface area contributed by atoms with E-state index in [-0.39, 0.29) is 22.4 Å². The molecule has 1 aliphatic rings. The Bertz CT molecular complexity index is 1140. The van der Waals surface area contributed by atoms with Gasteiger partial charge in [0, 0.05) is 17.6 Å². The molecule has 0 fully saturated rings. The highest BCUT2D eigenvalue weighted by Crippen LogP contribution is 2.36. The van der Waals surface area contributed by atoms with E-state index in [9.17, 15) is 9.59 Å². The lowest BCUT2D eigenvalue weighted by Crippen LogP contribution is -2.24. The lowest BCUT2D eigenvalue weighted by atomic mass is 9.89. The number of rotatable bonds is 5. The molecule has 6 nitrogen and oxygen atoms in total. The van der Waals surface area contributed by atoms with Crippen molar-refractivity contribution >= 4 is 56.5 Å². The number of pyridine rings is 1. The lowest BCUT2D eigenvalue weighted by molar-refractivity contribution is -0.113. The Morgan fingerprint density at radius 1 is 1.48 bits per heavy atom. The van der Waals surface area contributed by atoms with Crippen LogP contribution in [0.1, 0.15) is 30.7 Å². The van der Waals surface area contributed by atoms with E-state index in [1.165, 1.54) is 22.2 Å². The number of halogens is 1. The molecule has 3 aromatic rings. The van der Waals surface area contributed by atoms with Crippen molar-refractivity contribution in [3.8, 4) is 0 Å². The number of carbonyl (C=O) groups is 1. The average Bonchev–Trinajstić information content (AvgIpc) is 3.05. The number of anilines is 1. The number of nitrogens with one attached hydrogen (secondary N) is 1. The van der Waals surface area contributed by atoms with Crippen LogP contribution in [0.3, 0.4) is 0 Å². The van der Waals surface area contributed by atoms with Crippen molar-refractivity contribution in [1.82, 2.24) is 14.5 Å². The second-order valence-electron chi connectivity index (χ2n) is 7.15. The van der Waals surface area contributed by atoms with Gasteiger partial charge in [0.1, 0.15) is 4.83 Å².